The third kappa shape index (κ3) is 1.79. The molecular formula is C11H11FN4O2. The number of halogens is 1. The van der Waals surface area contributed by atoms with Crippen LogP contribution in [0.2, 0.25) is 0 Å². The number of nitrogens with zero attached hydrogens (tertiary/aromatic N) is 3. The number of nitro groups is 1. The van der Waals surface area contributed by atoms with E-state index in [9.17, 15) is 14.5 Å². The number of benzene rings is 1. The molecule has 0 unspecified atom stereocenters. The fourth-order valence-electron chi connectivity index (χ4n) is 1.76. The summed E-state index contributed by atoms with van der Waals surface area (Å²) in [5, 5.41) is 15.0. The van der Waals surface area contributed by atoms with E-state index in [0.29, 0.717) is 17.1 Å². The Balaban J connectivity index is 2.73. The molecule has 6 nitrogen and oxygen atoms in total. The molecule has 94 valence electrons. The lowest BCUT2D eigenvalue weighted by molar-refractivity contribution is -0.384. The maximum Gasteiger partial charge on any atom is 0.279 e. The average Bonchev–Trinajstić information content (AvgIpc) is 2.56. The highest BCUT2D eigenvalue weighted by Crippen LogP contribution is 2.33. The lowest BCUT2D eigenvalue weighted by Gasteiger charge is -2.01. The third-order valence-electron chi connectivity index (χ3n) is 2.75. The molecule has 2 N–H and O–H groups in total. The van der Waals surface area contributed by atoms with Crippen molar-refractivity contribution in [3.05, 3.63) is 39.7 Å². The normalized spacial score (nSPS) is 10.6. The second kappa shape index (κ2) is 4.10. The summed E-state index contributed by atoms with van der Waals surface area (Å²) >= 11 is 0. The Hall–Kier alpha value is -2.44. The maximum atomic E-state index is 13.2. The molecule has 2 aromatic rings. The van der Waals surface area contributed by atoms with Crippen molar-refractivity contribution in [1.29, 1.82) is 0 Å². The molecule has 1 aromatic heterocycles. The highest BCUT2D eigenvalue weighted by molar-refractivity contribution is 5.75. The van der Waals surface area contributed by atoms with Gasteiger partial charge in [0.05, 0.1) is 10.5 Å². The Morgan fingerprint density at radius 3 is 2.67 bits per heavy atom. The Bertz CT molecular complexity index is 636. The molecule has 0 saturated heterocycles. The van der Waals surface area contributed by atoms with Gasteiger partial charge in [0.25, 0.3) is 5.69 Å². The molecule has 0 aliphatic rings. The van der Waals surface area contributed by atoms with Crippen molar-refractivity contribution in [3.8, 4) is 11.3 Å². The van der Waals surface area contributed by atoms with Crippen LogP contribution >= 0.6 is 0 Å². The van der Waals surface area contributed by atoms with E-state index in [1.54, 1.807) is 14.0 Å². The quantitative estimate of drug-likeness (QED) is 0.652. The first-order valence-corrected chi connectivity index (χ1v) is 5.15. The number of nitro benzene ring substituents is 1. The van der Waals surface area contributed by atoms with Crippen LogP contribution < -0.4 is 5.73 Å². The highest BCUT2D eigenvalue weighted by atomic mass is 19.1. The van der Waals surface area contributed by atoms with Gasteiger partial charge in [-0.15, -0.1) is 0 Å². The van der Waals surface area contributed by atoms with Gasteiger partial charge in [-0.2, -0.15) is 5.10 Å². The summed E-state index contributed by atoms with van der Waals surface area (Å²) in [6, 6.07) is 3.26. The van der Waals surface area contributed by atoms with E-state index in [1.807, 2.05) is 0 Å². The van der Waals surface area contributed by atoms with E-state index < -0.39 is 10.7 Å². The van der Waals surface area contributed by atoms with Gasteiger partial charge in [-0.3, -0.25) is 14.8 Å². The molecule has 18 heavy (non-hydrogen) atoms. The Morgan fingerprint density at radius 2 is 2.17 bits per heavy atom. The zero-order chi connectivity index (χ0) is 13.4. The molecule has 0 aliphatic carbocycles. The molecule has 0 amide bonds. The van der Waals surface area contributed by atoms with Crippen LogP contribution in [0, 0.1) is 22.9 Å². The summed E-state index contributed by atoms with van der Waals surface area (Å²) in [6.07, 6.45) is 0. The van der Waals surface area contributed by atoms with Crippen LogP contribution in [0.3, 0.4) is 0 Å². The zero-order valence-corrected chi connectivity index (χ0v) is 9.85. The van der Waals surface area contributed by atoms with Crippen LogP contribution in [-0.2, 0) is 7.05 Å². The van der Waals surface area contributed by atoms with Crippen molar-refractivity contribution >= 4 is 11.5 Å². The summed E-state index contributed by atoms with van der Waals surface area (Å²) in [7, 11) is 1.62. The largest absolute Gasteiger partial charge is 0.384 e. The Morgan fingerprint density at radius 1 is 1.50 bits per heavy atom. The smallest absolute Gasteiger partial charge is 0.279 e. The van der Waals surface area contributed by atoms with Gasteiger partial charge >= 0.3 is 0 Å². The minimum atomic E-state index is -0.570. The molecular weight excluding hydrogens is 239 g/mol. The van der Waals surface area contributed by atoms with Crippen LogP contribution in [0.1, 0.15) is 5.56 Å². The first kappa shape index (κ1) is 12.0. The number of rotatable bonds is 2. The van der Waals surface area contributed by atoms with E-state index >= 15 is 0 Å². The van der Waals surface area contributed by atoms with Crippen LogP contribution in [0.4, 0.5) is 15.9 Å². The van der Waals surface area contributed by atoms with Gasteiger partial charge in [-0.1, -0.05) is 0 Å². The summed E-state index contributed by atoms with van der Waals surface area (Å²) in [5.74, 6) is -0.164. The topological polar surface area (TPSA) is 87.0 Å². The van der Waals surface area contributed by atoms with Gasteiger partial charge in [0.15, 0.2) is 0 Å². The van der Waals surface area contributed by atoms with Gasteiger partial charge in [-0.25, -0.2) is 4.39 Å². The predicted octanol–water partition coefficient (Wildman–Crippen LogP) is 2.03. The van der Waals surface area contributed by atoms with Crippen LogP contribution in [0.5, 0.6) is 0 Å². The molecule has 0 saturated carbocycles. The molecule has 1 aromatic carbocycles. The van der Waals surface area contributed by atoms with Crippen molar-refractivity contribution in [2.45, 2.75) is 6.92 Å². The molecule has 1 heterocycles. The van der Waals surface area contributed by atoms with Gasteiger partial charge in [0, 0.05) is 18.7 Å². The van der Waals surface area contributed by atoms with E-state index in [0.717, 1.165) is 18.2 Å². The lowest BCUT2D eigenvalue weighted by Crippen LogP contribution is -1.97. The maximum absolute atomic E-state index is 13.2. The predicted molar refractivity (Wildman–Crippen MR) is 64.4 cm³/mol. The van der Waals surface area contributed by atoms with Crippen LogP contribution in [0.15, 0.2) is 18.2 Å². The second-order valence-corrected chi connectivity index (χ2v) is 3.90. The molecule has 0 bridgehead atoms. The van der Waals surface area contributed by atoms with Crippen molar-refractivity contribution in [2.75, 3.05) is 5.73 Å². The number of hydrogen-bond donors (Lipinski definition) is 1. The summed E-state index contributed by atoms with van der Waals surface area (Å²) < 4.78 is 14.6. The summed E-state index contributed by atoms with van der Waals surface area (Å²) in [6.45, 7) is 1.69. The molecule has 0 spiro atoms. The fraction of sp³-hybridized carbons (Fsp3) is 0.182. The van der Waals surface area contributed by atoms with Gasteiger partial charge in [0.1, 0.15) is 17.3 Å². The molecule has 0 atom stereocenters. The third-order valence-corrected chi connectivity index (χ3v) is 2.75. The molecule has 2 rings (SSSR count). The lowest BCUT2D eigenvalue weighted by atomic mass is 10.1. The monoisotopic (exact) mass is 250 g/mol. The standard InChI is InChI=1S/C11H11FN4O2/c1-6-10(14-15(2)11(6)13)8-5-7(12)3-4-9(8)16(17)18/h3-5H,13H2,1-2H3. The summed E-state index contributed by atoms with van der Waals surface area (Å²) in [5.41, 5.74) is 6.58. The van der Waals surface area contributed by atoms with Gasteiger partial charge < -0.3 is 5.73 Å². The number of hydrogen-bond acceptors (Lipinski definition) is 4. The Labute approximate surface area is 102 Å². The number of nitrogens with two attached hydrogens (primary N) is 1. The van der Waals surface area contributed by atoms with Crippen LogP contribution in [-0.4, -0.2) is 14.7 Å². The van der Waals surface area contributed by atoms with E-state index in [1.165, 1.54) is 4.68 Å². The van der Waals surface area contributed by atoms with Crippen molar-refractivity contribution in [2.24, 2.45) is 7.05 Å². The van der Waals surface area contributed by atoms with Gasteiger partial charge in [-0.05, 0) is 19.1 Å². The van der Waals surface area contributed by atoms with E-state index in [-0.39, 0.29) is 11.3 Å². The first-order valence-electron chi connectivity index (χ1n) is 5.15. The van der Waals surface area contributed by atoms with E-state index in [2.05, 4.69) is 5.10 Å². The summed E-state index contributed by atoms with van der Waals surface area (Å²) in [4.78, 5) is 10.4. The van der Waals surface area contributed by atoms with E-state index in [4.69, 9.17) is 5.73 Å². The van der Waals surface area contributed by atoms with Crippen LogP contribution in [0.25, 0.3) is 11.3 Å². The Kier molecular flexibility index (Phi) is 2.74. The van der Waals surface area contributed by atoms with Gasteiger partial charge in [0.2, 0.25) is 0 Å². The minimum Gasteiger partial charge on any atom is -0.384 e. The number of aromatic nitrogens is 2. The molecule has 0 radical (unpaired) electrons. The second-order valence-electron chi connectivity index (χ2n) is 3.90. The average molecular weight is 250 g/mol. The molecule has 0 fully saturated rings. The molecule has 0 aliphatic heterocycles. The highest BCUT2D eigenvalue weighted by Gasteiger charge is 2.21. The SMILES string of the molecule is Cc1c(-c2cc(F)ccc2[N+](=O)[O-])nn(C)c1N. The fourth-order valence-corrected chi connectivity index (χ4v) is 1.76. The number of anilines is 1. The zero-order valence-electron chi connectivity index (χ0n) is 9.85. The number of aryl methyl sites for hydroxylation is 1. The molecule has 7 heteroatoms. The van der Waals surface area contributed by atoms with Crippen molar-refractivity contribution < 1.29 is 9.31 Å². The van der Waals surface area contributed by atoms with Crippen molar-refractivity contribution in [1.82, 2.24) is 9.78 Å². The number of nitrogen functional groups attached to an aromatic ring is 1. The first-order chi connectivity index (χ1) is 8.41. The minimum absolute atomic E-state index is 0.129. The van der Waals surface area contributed by atoms with Crippen molar-refractivity contribution in [3.63, 3.8) is 0 Å².